The van der Waals surface area contributed by atoms with Crippen molar-refractivity contribution < 1.29 is 9.84 Å². The van der Waals surface area contributed by atoms with Gasteiger partial charge in [-0.25, -0.2) is 0 Å². The summed E-state index contributed by atoms with van der Waals surface area (Å²) in [6.45, 7) is 2.68. The van der Waals surface area contributed by atoms with Crippen LogP contribution < -0.4 is 0 Å². The highest BCUT2D eigenvalue weighted by Gasteiger charge is 2.08. The smallest absolute Gasteiger partial charge is 0.174 e. The molecular formula is C13H15ClN2O2S2. The molecule has 4 nitrogen and oxygen atoms in total. The van der Waals surface area contributed by atoms with Crippen LogP contribution in [0.3, 0.4) is 0 Å². The SMILES string of the molecule is Cc1nnc(SCC(O)COCc2ccc(Cl)cc2)s1. The van der Waals surface area contributed by atoms with E-state index in [2.05, 4.69) is 10.2 Å². The predicted molar refractivity (Wildman–Crippen MR) is 82.5 cm³/mol. The lowest BCUT2D eigenvalue weighted by atomic mass is 10.2. The fourth-order valence-electron chi connectivity index (χ4n) is 1.45. The third kappa shape index (κ3) is 5.38. The van der Waals surface area contributed by atoms with Crippen molar-refractivity contribution in [2.75, 3.05) is 12.4 Å². The monoisotopic (exact) mass is 330 g/mol. The quantitative estimate of drug-likeness (QED) is 0.790. The van der Waals surface area contributed by atoms with Crippen LogP contribution in [0.1, 0.15) is 10.6 Å². The maximum absolute atomic E-state index is 9.83. The Bertz CT molecular complexity index is 533. The number of ether oxygens (including phenoxy) is 1. The summed E-state index contributed by atoms with van der Waals surface area (Å²) >= 11 is 8.83. The van der Waals surface area contributed by atoms with E-state index in [0.29, 0.717) is 24.0 Å². The molecule has 2 aromatic rings. The lowest BCUT2D eigenvalue weighted by molar-refractivity contribution is 0.0398. The number of hydrogen-bond acceptors (Lipinski definition) is 6. The first-order valence-electron chi connectivity index (χ1n) is 6.06. The molecule has 0 fully saturated rings. The average molecular weight is 331 g/mol. The van der Waals surface area contributed by atoms with Gasteiger partial charge < -0.3 is 9.84 Å². The minimum Gasteiger partial charge on any atom is -0.390 e. The molecule has 0 bridgehead atoms. The molecule has 0 saturated heterocycles. The third-order valence-corrected chi connectivity index (χ3v) is 4.77. The van der Waals surface area contributed by atoms with Crippen LogP contribution in [-0.4, -0.2) is 33.8 Å². The van der Waals surface area contributed by atoms with Gasteiger partial charge in [-0.15, -0.1) is 10.2 Å². The lowest BCUT2D eigenvalue weighted by Gasteiger charge is -2.10. The van der Waals surface area contributed by atoms with Gasteiger partial charge in [0.25, 0.3) is 0 Å². The summed E-state index contributed by atoms with van der Waals surface area (Å²) in [5.41, 5.74) is 1.04. The third-order valence-electron chi connectivity index (χ3n) is 2.40. The Morgan fingerprint density at radius 1 is 1.35 bits per heavy atom. The molecule has 0 spiro atoms. The van der Waals surface area contributed by atoms with E-state index in [1.807, 2.05) is 31.2 Å². The topological polar surface area (TPSA) is 55.2 Å². The summed E-state index contributed by atoms with van der Waals surface area (Å²) in [7, 11) is 0. The van der Waals surface area contributed by atoms with E-state index in [4.69, 9.17) is 16.3 Å². The van der Waals surface area contributed by atoms with Crippen molar-refractivity contribution in [3.05, 3.63) is 39.9 Å². The van der Waals surface area contributed by atoms with Crippen molar-refractivity contribution >= 4 is 34.7 Å². The zero-order valence-corrected chi connectivity index (χ0v) is 13.3. The van der Waals surface area contributed by atoms with E-state index in [-0.39, 0.29) is 0 Å². The van der Waals surface area contributed by atoms with E-state index in [1.54, 1.807) is 0 Å². The molecule has 1 heterocycles. The second-order valence-electron chi connectivity index (χ2n) is 4.19. The zero-order valence-electron chi connectivity index (χ0n) is 11.0. The van der Waals surface area contributed by atoms with E-state index in [1.165, 1.54) is 23.1 Å². The molecule has 0 aliphatic heterocycles. The van der Waals surface area contributed by atoms with Crippen molar-refractivity contribution in [3.8, 4) is 0 Å². The molecule has 0 radical (unpaired) electrons. The average Bonchev–Trinajstić information content (AvgIpc) is 2.85. The van der Waals surface area contributed by atoms with Gasteiger partial charge in [-0.05, 0) is 24.6 Å². The Kier molecular flexibility index (Phi) is 6.25. The zero-order chi connectivity index (χ0) is 14.4. The van der Waals surface area contributed by atoms with E-state index < -0.39 is 6.10 Å². The fourth-order valence-corrected chi connectivity index (χ4v) is 3.32. The number of aliphatic hydroxyl groups is 1. The summed E-state index contributed by atoms with van der Waals surface area (Å²) in [5, 5.41) is 19.4. The molecule has 0 aliphatic carbocycles. The highest BCUT2D eigenvalue weighted by Crippen LogP contribution is 2.22. The molecule has 0 amide bonds. The van der Waals surface area contributed by atoms with Crippen molar-refractivity contribution in [1.29, 1.82) is 0 Å². The van der Waals surface area contributed by atoms with Crippen LogP contribution in [0.25, 0.3) is 0 Å². The number of rotatable bonds is 7. The van der Waals surface area contributed by atoms with Gasteiger partial charge in [0.15, 0.2) is 4.34 Å². The molecule has 0 aliphatic rings. The molecule has 1 atom stereocenters. The Hall–Kier alpha value is -0.660. The molecule has 1 aromatic heterocycles. The van der Waals surface area contributed by atoms with Crippen molar-refractivity contribution in [2.45, 2.75) is 24.0 Å². The van der Waals surface area contributed by atoms with E-state index in [9.17, 15) is 5.11 Å². The molecule has 108 valence electrons. The summed E-state index contributed by atoms with van der Waals surface area (Å²) in [5.74, 6) is 0.551. The number of halogens is 1. The van der Waals surface area contributed by atoms with E-state index >= 15 is 0 Å². The van der Waals surface area contributed by atoms with Crippen LogP contribution >= 0.6 is 34.7 Å². The molecule has 1 unspecified atom stereocenters. The van der Waals surface area contributed by atoms with Crippen molar-refractivity contribution in [2.24, 2.45) is 0 Å². The first kappa shape index (κ1) is 15.7. The van der Waals surface area contributed by atoms with Crippen LogP contribution in [0.5, 0.6) is 0 Å². The van der Waals surface area contributed by atoms with Gasteiger partial charge in [0.2, 0.25) is 0 Å². The van der Waals surface area contributed by atoms with Gasteiger partial charge in [-0.3, -0.25) is 0 Å². The largest absolute Gasteiger partial charge is 0.390 e. The molecule has 1 N–H and O–H groups in total. The Morgan fingerprint density at radius 3 is 2.75 bits per heavy atom. The van der Waals surface area contributed by atoms with Crippen molar-refractivity contribution in [3.63, 3.8) is 0 Å². The number of aliphatic hydroxyl groups excluding tert-OH is 1. The highest BCUT2D eigenvalue weighted by molar-refractivity contribution is 8.01. The normalized spacial score (nSPS) is 12.6. The second kappa shape index (κ2) is 7.95. The molecule has 2 rings (SSSR count). The second-order valence-corrected chi connectivity index (χ2v) is 7.08. The number of aryl methyl sites for hydroxylation is 1. The predicted octanol–water partition coefficient (Wildman–Crippen LogP) is 3.17. The maximum atomic E-state index is 9.83. The standard InChI is InChI=1S/C13H15ClN2O2S2/c1-9-15-16-13(20-9)19-8-12(17)7-18-6-10-2-4-11(14)5-3-10/h2-5,12,17H,6-8H2,1H3. The van der Waals surface area contributed by atoms with Gasteiger partial charge in [0, 0.05) is 10.8 Å². The summed E-state index contributed by atoms with van der Waals surface area (Å²) in [4.78, 5) is 0. The Balaban J connectivity index is 1.65. The minimum absolute atomic E-state index is 0.299. The van der Waals surface area contributed by atoms with Gasteiger partial charge in [0.05, 0.1) is 19.3 Å². The van der Waals surface area contributed by atoms with Gasteiger partial charge in [-0.1, -0.05) is 46.8 Å². The van der Waals surface area contributed by atoms with Gasteiger partial charge in [-0.2, -0.15) is 0 Å². The van der Waals surface area contributed by atoms with Crippen LogP contribution in [0.4, 0.5) is 0 Å². The van der Waals surface area contributed by atoms with E-state index in [0.717, 1.165) is 14.9 Å². The first-order chi connectivity index (χ1) is 9.63. The molecule has 20 heavy (non-hydrogen) atoms. The first-order valence-corrected chi connectivity index (χ1v) is 8.24. The number of nitrogens with zero attached hydrogens (tertiary/aromatic N) is 2. The fraction of sp³-hybridized carbons (Fsp3) is 0.385. The number of thioether (sulfide) groups is 1. The number of hydrogen-bond donors (Lipinski definition) is 1. The number of benzene rings is 1. The molecule has 0 saturated carbocycles. The van der Waals surface area contributed by atoms with Crippen LogP contribution in [0.15, 0.2) is 28.6 Å². The molecular weight excluding hydrogens is 316 g/mol. The van der Waals surface area contributed by atoms with Crippen LogP contribution in [-0.2, 0) is 11.3 Å². The van der Waals surface area contributed by atoms with Crippen molar-refractivity contribution in [1.82, 2.24) is 10.2 Å². The Morgan fingerprint density at radius 2 is 2.10 bits per heavy atom. The van der Waals surface area contributed by atoms with Crippen LogP contribution in [0.2, 0.25) is 5.02 Å². The maximum Gasteiger partial charge on any atom is 0.174 e. The van der Waals surface area contributed by atoms with Gasteiger partial charge >= 0.3 is 0 Å². The van der Waals surface area contributed by atoms with Crippen LogP contribution in [0, 0.1) is 6.92 Å². The lowest BCUT2D eigenvalue weighted by Crippen LogP contribution is -2.17. The summed E-state index contributed by atoms with van der Waals surface area (Å²) in [6.07, 6.45) is -0.517. The molecule has 1 aromatic carbocycles. The Labute approximate surface area is 131 Å². The molecule has 7 heteroatoms. The highest BCUT2D eigenvalue weighted by atomic mass is 35.5. The summed E-state index contributed by atoms with van der Waals surface area (Å²) < 4.78 is 6.35. The van der Waals surface area contributed by atoms with Gasteiger partial charge in [0.1, 0.15) is 5.01 Å². The summed E-state index contributed by atoms with van der Waals surface area (Å²) in [6, 6.07) is 7.47. The minimum atomic E-state index is -0.517. The number of aromatic nitrogens is 2.